The van der Waals surface area contributed by atoms with Crippen LogP contribution in [0.15, 0.2) is 22.2 Å². The Morgan fingerprint density at radius 1 is 1.30 bits per heavy atom. The monoisotopic (exact) mass is 405 g/mol. The smallest absolute Gasteiger partial charge is 0.410 e. The van der Waals surface area contributed by atoms with E-state index in [2.05, 4.69) is 27.1 Å². The molecule has 2 saturated heterocycles. The Morgan fingerprint density at radius 2 is 2.15 bits per heavy atom. The zero-order valence-electron chi connectivity index (χ0n) is 16.2. The molecule has 2 aliphatic rings. The lowest BCUT2D eigenvalue weighted by Crippen LogP contribution is -2.67. The summed E-state index contributed by atoms with van der Waals surface area (Å²) >= 11 is 3.42. The summed E-state index contributed by atoms with van der Waals surface area (Å²) in [7, 11) is 0. The highest BCUT2D eigenvalue weighted by Gasteiger charge is 2.48. The van der Waals surface area contributed by atoms with Gasteiger partial charge in [-0.2, -0.15) is 11.3 Å². The number of hydrogen-bond acceptors (Lipinski definition) is 6. The molecule has 2 aliphatic heterocycles. The number of amides is 1. The number of likely N-dealkylation sites (tertiary alicyclic amines) is 2. The molecule has 1 spiro atoms. The average molecular weight is 406 g/mol. The first-order valence-corrected chi connectivity index (χ1v) is 11.4. The van der Waals surface area contributed by atoms with Crippen LogP contribution in [-0.2, 0) is 11.3 Å². The van der Waals surface area contributed by atoms with E-state index in [1.54, 1.807) is 22.7 Å². The van der Waals surface area contributed by atoms with Gasteiger partial charge < -0.3 is 9.64 Å². The number of carbonyl (C=O) groups is 1. The molecule has 2 aromatic heterocycles. The molecule has 4 heterocycles. The van der Waals surface area contributed by atoms with Crippen LogP contribution in [0.25, 0.3) is 10.6 Å². The second kappa shape index (κ2) is 7.18. The summed E-state index contributed by atoms with van der Waals surface area (Å²) < 4.78 is 5.60. The summed E-state index contributed by atoms with van der Waals surface area (Å²) in [5.74, 6) is 0. The number of piperidine rings is 1. The SMILES string of the molecule is CC(C)(C)OC(=O)N1CCC[C@]2(CCN2Cc2csc(-c3ccsc3)n2)C1. The normalized spacial score (nSPS) is 23.4. The standard InChI is InChI=1S/C20H27N3O2S2/c1-19(2,3)25-18(24)22-8-4-6-20(14-22)7-9-23(20)11-16-13-27-17(21-16)15-5-10-26-12-15/h5,10,12-13H,4,6-9,11,14H2,1-3H3/t20-/m0/s1. The Kier molecular flexibility index (Phi) is 5.03. The third-order valence-corrected chi connectivity index (χ3v) is 7.02. The number of hydrogen-bond donors (Lipinski definition) is 0. The van der Waals surface area contributed by atoms with Crippen molar-refractivity contribution in [2.24, 2.45) is 0 Å². The van der Waals surface area contributed by atoms with Crippen LogP contribution < -0.4 is 0 Å². The Hall–Kier alpha value is -1.44. The van der Waals surface area contributed by atoms with Gasteiger partial charge in [0.05, 0.1) is 5.69 Å². The second-order valence-electron chi connectivity index (χ2n) is 8.56. The van der Waals surface area contributed by atoms with Gasteiger partial charge in [-0.25, -0.2) is 9.78 Å². The quantitative estimate of drug-likeness (QED) is 0.732. The summed E-state index contributed by atoms with van der Waals surface area (Å²) in [6.45, 7) is 9.28. The molecule has 0 aromatic carbocycles. The maximum Gasteiger partial charge on any atom is 0.410 e. The molecule has 27 heavy (non-hydrogen) atoms. The summed E-state index contributed by atoms with van der Waals surface area (Å²) in [4.78, 5) is 21.8. The molecule has 2 aromatic rings. The second-order valence-corrected chi connectivity index (χ2v) is 10.2. The van der Waals surface area contributed by atoms with Crippen LogP contribution in [0.4, 0.5) is 4.79 Å². The zero-order chi connectivity index (χ0) is 19.1. The summed E-state index contributed by atoms with van der Waals surface area (Å²) in [6, 6.07) is 2.12. The molecule has 2 fully saturated rings. The van der Waals surface area contributed by atoms with E-state index in [9.17, 15) is 4.79 Å². The zero-order valence-corrected chi connectivity index (χ0v) is 17.9. The van der Waals surface area contributed by atoms with E-state index in [1.807, 2.05) is 25.7 Å². The van der Waals surface area contributed by atoms with E-state index in [1.165, 1.54) is 5.56 Å². The minimum Gasteiger partial charge on any atom is -0.444 e. The lowest BCUT2D eigenvalue weighted by Gasteiger charge is -2.56. The Morgan fingerprint density at radius 3 is 2.81 bits per heavy atom. The number of thiophene rings is 1. The molecular weight excluding hydrogens is 378 g/mol. The van der Waals surface area contributed by atoms with Gasteiger partial charge in [0.1, 0.15) is 10.6 Å². The third kappa shape index (κ3) is 4.05. The Bertz CT molecular complexity index is 797. The van der Waals surface area contributed by atoms with Gasteiger partial charge in [-0.05, 0) is 51.5 Å². The third-order valence-electron chi connectivity index (χ3n) is 5.40. The lowest BCUT2D eigenvalue weighted by molar-refractivity contribution is -0.0748. The maximum absolute atomic E-state index is 12.5. The average Bonchev–Trinajstić information content (AvgIpc) is 3.28. The Balaban J connectivity index is 1.41. The summed E-state index contributed by atoms with van der Waals surface area (Å²) in [6.07, 6.45) is 3.15. The van der Waals surface area contributed by atoms with Gasteiger partial charge in [-0.1, -0.05) is 0 Å². The van der Waals surface area contributed by atoms with Crippen LogP contribution in [0.1, 0.15) is 45.7 Å². The largest absolute Gasteiger partial charge is 0.444 e. The van der Waals surface area contributed by atoms with Crippen molar-refractivity contribution in [1.82, 2.24) is 14.8 Å². The van der Waals surface area contributed by atoms with E-state index >= 15 is 0 Å². The molecule has 0 unspecified atom stereocenters. The molecule has 0 saturated carbocycles. The van der Waals surface area contributed by atoms with Crippen molar-refractivity contribution in [3.05, 3.63) is 27.9 Å². The summed E-state index contributed by atoms with van der Waals surface area (Å²) in [5, 5.41) is 7.51. The minimum absolute atomic E-state index is 0.0985. The van der Waals surface area contributed by atoms with Gasteiger partial charge in [-0.15, -0.1) is 11.3 Å². The first kappa shape index (κ1) is 18.9. The summed E-state index contributed by atoms with van der Waals surface area (Å²) in [5.41, 5.74) is 2.00. The van der Waals surface area contributed by atoms with Crippen LogP contribution in [0.2, 0.25) is 0 Å². The molecule has 7 heteroatoms. The van der Waals surface area contributed by atoms with Gasteiger partial charge in [0, 0.05) is 48.0 Å². The van der Waals surface area contributed by atoms with Crippen molar-refractivity contribution in [2.75, 3.05) is 19.6 Å². The van der Waals surface area contributed by atoms with Gasteiger partial charge in [0.15, 0.2) is 0 Å². The predicted octanol–water partition coefficient (Wildman–Crippen LogP) is 4.85. The van der Waals surface area contributed by atoms with Crippen LogP contribution in [-0.4, -0.2) is 51.7 Å². The van der Waals surface area contributed by atoms with E-state index in [0.29, 0.717) is 0 Å². The molecule has 5 nitrogen and oxygen atoms in total. The van der Waals surface area contributed by atoms with Gasteiger partial charge in [-0.3, -0.25) is 4.90 Å². The molecule has 1 atom stereocenters. The van der Waals surface area contributed by atoms with Crippen molar-refractivity contribution in [1.29, 1.82) is 0 Å². The molecule has 0 N–H and O–H groups in total. The molecule has 0 aliphatic carbocycles. The van der Waals surface area contributed by atoms with Crippen LogP contribution in [0.5, 0.6) is 0 Å². The molecule has 1 amide bonds. The van der Waals surface area contributed by atoms with Gasteiger partial charge >= 0.3 is 6.09 Å². The Labute approximate surface area is 169 Å². The first-order valence-electron chi connectivity index (χ1n) is 9.55. The highest BCUT2D eigenvalue weighted by molar-refractivity contribution is 7.14. The van der Waals surface area contributed by atoms with Crippen molar-refractivity contribution in [3.8, 4) is 10.6 Å². The lowest BCUT2D eigenvalue weighted by atomic mass is 9.77. The van der Waals surface area contributed by atoms with E-state index in [4.69, 9.17) is 9.72 Å². The fourth-order valence-corrected chi connectivity index (χ4v) is 5.51. The minimum atomic E-state index is -0.445. The predicted molar refractivity (Wildman–Crippen MR) is 110 cm³/mol. The number of thiazole rings is 1. The number of ether oxygens (including phenoxy) is 1. The topological polar surface area (TPSA) is 45.7 Å². The highest BCUT2D eigenvalue weighted by atomic mass is 32.1. The molecule has 146 valence electrons. The van der Waals surface area contributed by atoms with Crippen LogP contribution >= 0.6 is 22.7 Å². The number of aromatic nitrogens is 1. The number of nitrogens with zero attached hydrogens (tertiary/aromatic N) is 3. The van der Waals surface area contributed by atoms with Gasteiger partial charge in [0.25, 0.3) is 0 Å². The van der Waals surface area contributed by atoms with Crippen LogP contribution in [0.3, 0.4) is 0 Å². The van der Waals surface area contributed by atoms with Crippen molar-refractivity contribution < 1.29 is 9.53 Å². The van der Waals surface area contributed by atoms with E-state index in [0.717, 1.165) is 56.1 Å². The molecular formula is C20H27N3O2S2. The molecule has 0 bridgehead atoms. The molecule has 0 radical (unpaired) electrons. The number of rotatable bonds is 3. The highest BCUT2D eigenvalue weighted by Crippen LogP contribution is 2.40. The molecule has 4 rings (SSSR count). The van der Waals surface area contributed by atoms with E-state index in [-0.39, 0.29) is 11.6 Å². The fraction of sp³-hybridized carbons (Fsp3) is 0.600. The maximum atomic E-state index is 12.5. The van der Waals surface area contributed by atoms with E-state index < -0.39 is 5.60 Å². The van der Waals surface area contributed by atoms with Crippen molar-refractivity contribution >= 4 is 28.8 Å². The fourth-order valence-electron chi connectivity index (χ4n) is 3.98. The van der Waals surface area contributed by atoms with Crippen molar-refractivity contribution in [2.45, 2.75) is 57.7 Å². The van der Waals surface area contributed by atoms with Crippen LogP contribution in [0, 0.1) is 0 Å². The van der Waals surface area contributed by atoms with Gasteiger partial charge in [0.2, 0.25) is 0 Å². The first-order chi connectivity index (χ1) is 12.8. The number of carbonyl (C=O) groups excluding carboxylic acids is 1. The van der Waals surface area contributed by atoms with Crippen molar-refractivity contribution in [3.63, 3.8) is 0 Å².